The smallest absolute Gasteiger partial charge is 0.250 e. The molecule has 0 spiro atoms. The molecule has 1 aliphatic rings. The standard InChI is InChI=1S/C19H18N4O3S2/c24-28(25,16-6-3-11-27-16)22-13-7-9-23(10-8-13)19-18-17(20-12-21-19)14-4-1-2-5-15(14)26-18/h1-6,11-13,22H,7-10H2. The van der Waals surface area contributed by atoms with Crippen LogP contribution in [0.4, 0.5) is 5.82 Å². The number of para-hydroxylation sites is 1. The lowest BCUT2D eigenvalue weighted by Crippen LogP contribution is -2.44. The molecule has 9 heteroatoms. The zero-order valence-corrected chi connectivity index (χ0v) is 16.5. The van der Waals surface area contributed by atoms with Gasteiger partial charge in [0.15, 0.2) is 11.4 Å². The molecule has 1 saturated heterocycles. The highest BCUT2D eigenvalue weighted by Crippen LogP contribution is 2.33. The average Bonchev–Trinajstić information content (AvgIpc) is 3.37. The highest BCUT2D eigenvalue weighted by atomic mass is 32.2. The van der Waals surface area contributed by atoms with Gasteiger partial charge in [0.2, 0.25) is 10.0 Å². The van der Waals surface area contributed by atoms with E-state index in [9.17, 15) is 8.42 Å². The van der Waals surface area contributed by atoms with Crippen LogP contribution < -0.4 is 9.62 Å². The highest BCUT2D eigenvalue weighted by Gasteiger charge is 2.27. The Balaban J connectivity index is 1.36. The number of benzene rings is 1. The molecule has 1 fully saturated rings. The summed E-state index contributed by atoms with van der Waals surface area (Å²) in [6, 6.07) is 11.1. The molecule has 1 aromatic carbocycles. The fraction of sp³-hybridized carbons (Fsp3) is 0.263. The summed E-state index contributed by atoms with van der Waals surface area (Å²) in [5, 5.41) is 2.74. The summed E-state index contributed by atoms with van der Waals surface area (Å²) in [5.74, 6) is 0.765. The van der Waals surface area contributed by atoms with Crippen LogP contribution in [0.5, 0.6) is 0 Å². The minimum absolute atomic E-state index is 0.0867. The predicted molar refractivity (Wildman–Crippen MR) is 109 cm³/mol. The molecule has 4 heterocycles. The molecule has 1 N–H and O–H groups in total. The van der Waals surface area contributed by atoms with Crippen molar-refractivity contribution in [2.75, 3.05) is 18.0 Å². The van der Waals surface area contributed by atoms with Gasteiger partial charge in [-0.15, -0.1) is 11.3 Å². The van der Waals surface area contributed by atoms with E-state index in [-0.39, 0.29) is 6.04 Å². The van der Waals surface area contributed by atoms with E-state index in [1.54, 1.807) is 23.8 Å². The Morgan fingerprint density at radius 1 is 1.11 bits per heavy atom. The molecule has 28 heavy (non-hydrogen) atoms. The van der Waals surface area contributed by atoms with Crippen LogP contribution in [0.25, 0.3) is 22.1 Å². The van der Waals surface area contributed by atoms with Crippen LogP contribution in [0.15, 0.2) is 56.7 Å². The normalized spacial score (nSPS) is 16.2. The number of sulfonamides is 1. The lowest BCUT2D eigenvalue weighted by Gasteiger charge is -2.32. The second-order valence-electron chi connectivity index (χ2n) is 6.79. The first-order chi connectivity index (χ1) is 13.6. The number of thiophene rings is 1. The van der Waals surface area contributed by atoms with E-state index in [0.29, 0.717) is 35.7 Å². The average molecular weight is 415 g/mol. The molecule has 3 aromatic heterocycles. The van der Waals surface area contributed by atoms with Crippen molar-refractivity contribution < 1.29 is 12.8 Å². The number of anilines is 1. The number of nitrogens with one attached hydrogen (secondary N) is 1. The fourth-order valence-electron chi connectivity index (χ4n) is 3.64. The van der Waals surface area contributed by atoms with E-state index in [2.05, 4.69) is 19.6 Å². The second-order valence-corrected chi connectivity index (χ2v) is 9.68. The molecule has 0 amide bonds. The molecule has 0 saturated carbocycles. The van der Waals surface area contributed by atoms with Gasteiger partial charge in [0, 0.05) is 24.5 Å². The minimum atomic E-state index is -3.44. The third kappa shape index (κ3) is 3.05. The van der Waals surface area contributed by atoms with Gasteiger partial charge >= 0.3 is 0 Å². The third-order valence-electron chi connectivity index (χ3n) is 5.02. The summed E-state index contributed by atoms with van der Waals surface area (Å²) in [6.45, 7) is 1.39. The van der Waals surface area contributed by atoms with Gasteiger partial charge < -0.3 is 9.32 Å². The number of furan rings is 1. The Kier molecular flexibility index (Phi) is 4.30. The zero-order valence-electron chi connectivity index (χ0n) is 14.9. The highest BCUT2D eigenvalue weighted by molar-refractivity contribution is 7.91. The number of hydrogen-bond donors (Lipinski definition) is 1. The molecule has 5 rings (SSSR count). The van der Waals surface area contributed by atoms with E-state index in [0.717, 1.165) is 22.3 Å². The lowest BCUT2D eigenvalue weighted by atomic mass is 10.1. The topological polar surface area (TPSA) is 88.3 Å². The van der Waals surface area contributed by atoms with Crippen LogP contribution in [0.2, 0.25) is 0 Å². The van der Waals surface area contributed by atoms with Crippen molar-refractivity contribution in [3.8, 4) is 0 Å². The first-order valence-electron chi connectivity index (χ1n) is 9.05. The summed E-state index contributed by atoms with van der Waals surface area (Å²) in [7, 11) is -3.44. The van der Waals surface area contributed by atoms with E-state index < -0.39 is 10.0 Å². The zero-order chi connectivity index (χ0) is 19.1. The van der Waals surface area contributed by atoms with Gasteiger partial charge in [0.1, 0.15) is 21.6 Å². The number of aromatic nitrogens is 2. The second kappa shape index (κ2) is 6.84. The maximum Gasteiger partial charge on any atom is 0.250 e. The van der Waals surface area contributed by atoms with Crippen molar-refractivity contribution in [1.29, 1.82) is 0 Å². The molecular weight excluding hydrogens is 396 g/mol. The Bertz CT molecular complexity index is 1230. The predicted octanol–water partition coefficient (Wildman–Crippen LogP) is 3.38. The molecule has 4 aromatic rings. The molecule has 144 valence electrons. The van der Waals surface area contributed by atoms with E-state index >= 15 is 0 Å². The van der Waals surface area contributed by atoms with Crippen molar-refractivity contribution in [1.82, 2.24) is 14.7 Å². The van der Waals surface area contributed by atoms with Crippen LogP contribution in [-0.2, 0) is 10.0 Å². The van der Waals surface area contributed by atoms with Crippen LogP contribution in [0, 0.1) is 0 Å². The number of piperidine rings is 1. The first-order valence-corrected chi connectivity index (χ1v) is 11.4. The molecule has 0 atom stereocenters. The summed E-state index contributed by atoms with van der Waals surface area (Å²) in [5.41, 5.74) is 2.28. The van der Waals surface area contributed by atoms with Crippen molar-refractivity contribution in [2.45, 2.75) is 23.1 Å². The maximum absolute atomic E-state index is 12.4. The molecule has 7 nitrogen and oxygen atoms in total. The van der Waals surface area contributed by atoms with Crippen LogP contribution in [0.3, 0.4) is 0 Å². The van der Waals surface area contributed by atoms with Gasteiger partial charge in [-0.2, -0.15) is 0 Å². The Morgan fingerprint density at radius 2 is 1.93 bits per heavy atom. The minimum Gasteiger partial charge on any atom is -0.450 e. The monoisotopic (exact) mass is 414 g/mol. The Hall–Kier alpha value is -2.49. The first kappa shape index (κ1) is 17.6. The van der Waals surface area contributed by atoms with E-state index in [1.165, 1.54) is 11.3 Å². The molecule has 0 bridgehead atoms. The van der Waals surface area contributed by atoms with E-state index in [1.807, 2.05) is 24.3 Å². The molecule has 1 aliphatic heterocycles. The summed E-state index contributed by atoms with van der Waals surface area (Å²) >= 11 is 1.23. The van der Waals surface area contributed by atoms with Gasteiger partial charge in [-0.3, -0.25) is 0 Å². The lowest BCUT2D eigenvalue weighted by molar-refractivity contribution is 0.458. The van der Waals surface area contributed by atoms with Crippen LogP contribution >= 0.6 is 11.3 Å². The van der Waals surface area contributed by atoms with Crippen molar-refractivity contribution >= 4 is 49.2 Å². The third-order valence-corrected chi connectivity index (χ3v) is 7.93. The van der Waals surface area contributed by atoms with Crippen molar-refractivity contribution in [2.24, 2.45) is 0 Å². The summed E-state index contributed by atoms with van der Waals surface area (Å²) in [6.07, 6.45) is 2.97. The Labute approximate surface area is 166 Å². The maximum atomic E-state index is 12.4. The van der Waals surface area contributed by atoms with Crippen molar-refractivity contribution in [3.63, 3.8) is 0 Å². The van der Waals surface area contributed by atoms with E-state index in [4.69, 9.17) is 4.42 Å². The SMILES string of the molecule is O=S(=O)(NC1CCN(c2ncnc3c2oc2ccccc23)CC1)c1cccs1. The van der Waals surface area contributed by atoms with Gasteiger partial charge in [0.05, 0.1) is 0 Å². The molecule has 0 aliphatic carbocycles. The summed E-state index contributed by atoms with van der Waals surface area (Å²) in [4.78, 5) is 11.0. The van der Waals surface area contributed by atoms with Gasteiger partial charge in [-0.25, -0.2) is 23.1 Å². The quantitative estimate of drug-likeness (QED) is 0.551. The number of nitrogens with zero attached hydrogens (tertiary/aromatic N) is 3. The number of fused-ring (bicyclic) bond motifs is 3. The van der Waals surface area contributed by atoms with Crippen molar-refractivity contribution in [3.05, 3.63) is 48.1 Å². The number of rotatable bonds is 4. The Morgan fingerprint density at radius 3 is 2.71 bits per heavy atom. The molecular formula is C19H18N4O3S2. The van der Waals surface area contributed by atoms with Gasteiger partial charge in [-0.05, 0) is 36.4 Å². The molecule has 0 unspecified atom stereocenters. The molecule has 0 radical (unpaired) electrons. The van der Waals surface area contributed by atoms with Crippen LogP contribution in [-0.4, -0.2) is 37.5 Å². The largest absolute Gasteiger partial charge is 0.450 e. The fourth-order valence-corrected chi connectivity index (χ4v) is 5.95. The summed E-state index contributed by atoms with van der Waals surface area (Å²) < 4.78 is 34.1. The number of hydrogen-bond acceptors (Lipinski definition) is 7. The van der Waals surface area contributed by atoms with Gasteiger partial charge in [-0.1, -0.05) is 18.2 Å². The van der Waals surface area contributed by atoms with Crippen LogP contribution in [0.1, 0.15) is 12.8 Å². The van der Waals surface area contributed by atoms with Gasteiger partial charge in [0.25, 0.3) is 0 Å².